The van der Waals surface area contributed by atoms with Crippen LogP contribution < -0.4 is 10.1 Å². The third-order valence-electron chi connectivity index (χ3n) is 5.26. The van der Waals surface area contributed by atoms with Crippen LogP contribution >= 0.6 is 0 Å². The number of amides is 2. The Balaban J connectivity index is 1.42. The van der Waals surface area contributed by atoms with Crippen molar-refractivity contribution in [2.24, 2.45) is 0 Å². The molecule has 0 radical (unpaired) electrons. The lowest BCUT2D eigenvalue weighted by atomic mass is 10.1. The van der Waals surface area contributed by atoms with Gasteiger partial charge in [0.05, 0.1) is 17.8 Å². The molecule has 0 aliphatic carbocycles. The molecule has 0 fully saturated rings. The van der Waals surface area contributed by atoms with Gasteiger partial charge in [-0.1, -0.05) is 30.2 Å². The monoisotopic (exact) mass is 452 g/mol. The molecule has 170 valence electrons. The lowest BCUT2D eigenvalue weighted by Crippen LogP contribution is -2.35. The van der Waals surface area contributed by atoms with Crippen LogP contribution in [0.4, 0.5) is 5.69 Å². The van der Waals surface area contributed by atoms with E-state index in [0.29, 0.717) is 22.6 Å². The van der Waals surface area contributed by atoms with E-state index >= 15 is 0 Å². The number of benzene rings is 2. The molecule has 0 saturated heterocycles. The third-order valence-corrected chi connectivity index (χ3v) is 5.26. The van der Waals surface area contributed by atoms with Gasteiger partial charge >= 0.3 is 0 Å². The number of terminal acetylenes is 1. The number of nitrogens with zero attached hydrogens (tertiary/aromatic N) is 3. The van der Waals surface area contributed by atoms with E-state index in [2.05, 4.69) is 16.2 Å². The molecule has 0 saturated carbocycles. The maximum Gasteiger partial charge on any atom is 0.257 e. The van der Waals surface area contributed by atoms with Crippen molar-refractivity contribution in [3.63, 3.8) is 0 Å². The number of aryl methyl sites for hydroxylation is 1. The second-order valence-corrected chi connectivity index (χ2v) is 7.87. The van der Waals surface area contributed by atoms with Crippen LogP contribution in [-0.4, -0.2) is 39.7 Å². The summed E-state index contributed by atoms with van der Waals surface area (Å²) in [5.41, 5.74) is 4.28. The fraction of sp³-hybridized carbons (Fsp3) is 0.148. The van der Waals surface area contributed by atoms with Crippen molar-refractivity contribution in [1.82, 2.24) is 14.3 Å². The van der Waals surface area contributed by atoms with Crippen molar-refractivity contribution < 1.29 is 14.3 Å². The summed E-state index contributed by atoms with van der Waals surface area (Å²) in [7, 11) is 1.57. The summed E-state index contributed by atoms with van der Waals surface area (Å²) >= 11 is 0. The Morgan fingerprint density at radius 2 is 1.97 bits per heavy atom. The van der Waals surface area contributed by atoms with Gasteiger partial charge in [0.25, 0.3) is 5.91 Å². The number of carbonyl (C=O) groups excluding carboxylic acids is 2. The summed E-state index contributed by atoms with van der Waals surface area (Å²) in [4.78, 5) is 31.5. The van der Waals surface area contributed by atoms with Gasteiger partial charge in [0, 0.05) is 30.7 Å². The molecule has 7 nitrogen and oxygen atoms in total. The normalized spacial score (nSPS) is 10.5. The smallest absolute Gasteiger partial charge is 0.257 e. The maximum absolute atomic E-state index is 13.1. The molecule has 4 aromatic rings. The van der Waals surface area contributed by atoms with Crippen LogP contribution in [0.3, 0.4) is 0 Å². The van der Waals surface area contributed by atoms with Crippen molar-refractivity contribution in [1.29, 1.82) is 0 Å². The van der Waals surface area contributed by atoms with Crippen LogP contribution in [0.25, 0.3) is 5.65 Å². The first-order valence-electron chi connectivity index (χ1n) is 10.7. The van der Waals surface area contributed by atoms with Crippen molar-refractivity contribution >= 4 is 23.1 Å². The number of fused-ring (bicyclic) bond motifs is 1. The summed E-state index contributed by atoms with van der Waals surface area (Å²) in [6.45, 7) is 2.08. The molecule has 0 unspecified atom stereocenters. The van der Waals surface area contributed by atoms with Gasteiger partial charge in [-0.3, -0.25) is 9.59 Å². The zero-order valence-corrected chi connectivity index (χ0v) is 19.0. The van der Waals surface area contributed by atoms with E-state index in [9.17, 15) is 9.59 Å². The summed E-state index contributed by atoms with van der Waals surface area (Å²) in [6, 6.07) is 17.9. The van der Waals surface area contributed by atoms with Crippen molar-refractivity contribution in [3.05, 3.63) is 95.4 Å². The number of carbonyl (C=O) groups is 2. The summed E-state index contributed by atoms with van der Waals surface area (Å²) < 4.78 is 7.89. The Kier molecular flexibility index (Phi) is 6.60. The number of anilines is 1. The summed E-state index contributed by atoms with van der Waals surface area (Å²) in [5, 5.41) is 2.76. The van der Waals surface area contributed by atoms with Crippen LogP contribution in [0.1, 0.15) is 27.2 Å². The fourth-order valence-corrected chi connectivity index (χ4v) is 3.57. The standard InChI is InChI=1S/C27H24N4O3/c1-4-20-10-7-11-21(15-20)28-25(32)17-30(3)27(33)23-12-5-6-13-24(23)34-18-22-16-31-14-8-9-19(2)26(31)29-22/h1,5-16H,17-18H2,2-3H3,(H,28,32). The highest BCUT2D eigenvalue weighted by Crippen LogP contribution is 2.21. The van der Waals surface area contributed by atoms with Crippen LogP contribution in [0.2, 0.25) is 0 Å². The highest BCUT2D eigenvalue weighted by Gasteiger charge is 2.19. The summed E-state index contributed by atoms with van der Waals surface area (Å²) in [5.74, 6) is 2.30. The van der Waals surface area contributed by atoms with Crippen molar-refractivity contribution in [2.75, 3.05) is 18.9 Å². The zero-order valence-electron chi connectivity index (χ0n) is 19.0. The lowest BCUT2D eigenvalue weighted by molar-refractivity contribution is -0.116. The molecule has 2 aromatic heterocycles. The average molecular weight is 453 g/mol. The van der Waals surface area contributed by atoms with Gasteiger partial charge in [0.15, 0.2) is 0 Å². The van der Waals surface area contributed by atoms with E-state index < -0.39 is 0 Å². The Morgan fingerprint density at radius 3 is 2.76 bits per heavy atom. The molecule has 2 amide bonds. The SMILES string of the molecule is C#Cc1cccc(NC(=O)CN(C)C(=O)c2ccccc2OCc2cn3cccc(C)c3n2)c1. The third kappa shape index (κ3) is 5.08. The number of hydrogen-bond acceptors (Lipinski definition) is 4. The topological polar surface area (TPSA) is 75.9 Å². The molecular formula is C27H24N4O3. The van der Waals surface area contributed by atoms with Crippen LogP contribution in [0.15, 0.2) is 73.1 Å². The molecule has 0 spiro atoms. The number of nitrogens with one attached hydrogen (secondary N) is 1. The van der Waals surface area contributed by atoms with Crippen LogP contribution in [-0.2, 0) is 11.4 Å². The van der Waals surface area contributed by atoms with Gasteiger partial charge in [0.1, 0.15) is 18.0 Å². The number of rotatable bonds is 7. The van der Waals surface area contributed by atoms with Gasteiger partial charge in [-0.25, -0.2) is 4.98 Å². The number of pyridine rings is 1. The minimum absolute atomic E-state index is 0.126. The minimum atomic E-state index is -0.330. The molecule has 0 aliphatic heterocycles. The number of aromatic nitrogens is 2. The largest absolute Gasteiger partial charge is 0.486 e. The molecule has 1 N–H and O–H groups in total. The number of ether oxygens (including phenoxy) is 1. The van der Waals surface area contributed by atoms with E-state index in [0.717, 1.165) is 16.9 Å². The molecule has 2 aromatic carbocycles. The molecule has 0 bridgehead atoms. The molecule has 4 rings (SSSR count). The Hall–Kier alpha value is -4.57. The van der Waals surface area contributed by atoms with Gasteiger partial charge in [-0.05, 0) is 48.9 Å². The molecule has 2 heterocycles. The van der Waals surface area contributed by atoms with E-state index in [1.807, 2.05) is 35.9 Å². The lowest BCUT2D eigenvalue weighted by Gasteiger charge is -2.19. The summed E-state index contributed by atoms with van der Waals surface area (Å²) in [6.07, 6.45) is 9.23. The van der Waals surface area contributed by atoms with E-state index in [4.69, 9.17) is 11.2 Å². The highest BCUT2D eigenvalue weighted by molar-refractivity contribution is 6.00. The number of imidazole rings is 1. The van der Waals surface area contributed by atoms with Crippen LogP contribution in [0.5, 0.6) is 5.75 Å². The highest BCUT2D eigenvalue weighted by atomic mass is 16.5. The van der Waals surface area contributed by atoms with Gasteiger partial charge in [-0.2, -0.15) is 0 Å². The second-order valence-electron chi connectivity index (χ2n) is 7.87. The fourth-order valence-electron chi connectivity index (χ4n) is 3.57. The first-order chi connectivity index (χ1) is 16.4. The minimum Gasteiger partial charge on any atom is -0.486 e. The number of hydrogen-bond donors (Lipinski definition) is 1. The van der Waals surface area contributed by atoms with Gasteiger partial charge < -0.3 is 19.4 Å². The predicted molar refractivity (Wildman–Crippen MR) is 131 cm³/mol. The molecule has 0 atom stereocenters. The zero-order chi connectivity index (χ0) is 24.1. The van der Waals surface area contributed by atoms with E-state index in [1.165, 1.54) is 4.90 Å². The van der Waals surface area contributed by atoms with Crippen molar-refractivity contribution in [2.45, 2.75) is 13.5 Å². The quantitative estimate of drug-likeness (QED) is 0.432. The molecule has 34 heavy (non-hydrogen) atoms. The van der Waals surface area contributed by atoms with Gasteiger partial charge in [-0.15, -0.1) is 6.42 Å². The number of likely N-dealkylation sites (N-methyl/N-ethyl adjacent to an activating group) is 1. The first kappa shape index (κ1) is 22.6. The predicted octanol–water partition coefficient (Wildman–Crippen LogP) is 3.91. The average Bonchev–Trinajstić information content (AvgIpc) is 3.27. The Bertz CT molecular complexity index is 1400. The Labute approximate surface area is 198 Å². The second kappa shape index (κ2) is 9.92. The molecule has 0 aliphatic rings. The molecule has 7 heteroatoms. The van der Waals surface area contributed by atoms with E-state index in [1.54, 1.807) is 55.6 Å². The van der Waals surface area contributed by atoms with Crippen molar-refractivity contribution in [3.8, 4) is 18.1 Å². The van der Waals surface area contributed by atoms with E-state index in [-0.39, 0.29) is 25.0 Å². The van der Waals surface area contributed by atoms with Crippen LogP contribution in [0, 0.1) is 19.3 Å². The van der Waals surface area contributed by atoms with Gasteiger partial charge in [0.2, 0.25) is 5.91 Å². The molecular weight excluding hydrogens is 428 g/mol. The first-order valence-corrected chi connectivity index (χ1v) is 10.7. The Morgan fingerprint density at radius 1 is 1.15 bits per heavy atom. The maximum atomic E-state index is 13.1. The number of para-hydroxylation sites is 1.